The second-order valence-electron chi connectivity index (χ2n) is 8.32. The molecule has 0 bridgehead atoms. The van der Waals surface area contributed by atoms with Gasteiger partial charge in [-0.05, 0) is 79.1 Å². The van der Waals surface area contributed by atoms with Gasteiger partial charge in [-0.2, -0.15) is 0 Å². The van der Waals surface area contributed by atoms with Crippen LogP contribution in [0.25, 0.3) is 0 Å². The summed E-state index contributed by atoms with van der Waals surface area (Å²) in [5.74, 6) is 4.65. The van der Waals surface area contributed by atoms with E-state index in [4.69, 9.17) is 21.1 Å². The Hall–Kier alpha value is -0.720. The van der Waals surface area contributed by atoms with E-state index in [0.717, 1.165) is 36.0 Å². The van der Waals surface area contributed by atoms with Crippen LogP contribution in [0, 0.1) is 5.92 Å². The first-order chi connectivity index (χ1) is 15.0. The zero-order valence-corrected chi connectivity index (χ0v) is 22.6. The predicted molar refractivity (Wildman–Crippen MR) is 144 cm³/mol. The molecule has 2 aromatic rings. The SMILES string of the molecule is COc1ccc(CCN(C)CC(C)CC2(c3ccc(Cl)cc3)SCCCS2)cc1OC.Cl. The summed E-state index contributed by atoms with van der Waals surface area (Å²) in [7, 11) is 5.59. The minimum absolute atomic E-state index is 0. The molecular weight excluding hydrogens is 481 g/mol. The Labute approximate surface area is 213 Å². The van der Waals surface area contributed by atoms with Gasteiger partial charge in [-0.1, -0.05) is 36.7 Å². The van der Waals surface area contributed by atoms with Gasteiger partial charge in [0.05, 0.1) is 18.3 Å². The van der Waals surface area contributed by atoms with E-state index in [1.165, 1.54) is 35.5 Å². The average molecular weight is 517 g/mol. The second kappa shape index (κ2) is 13.2. The number of rotatable bonds is 10. The van der Waals surface area contributed by atoms with E-state index in [2.05, 4.69) is 66.7 Å². The van der Waals surface area contributed by atoms with Crippen molar-refractivity contribution < 1.29 is 9.47 Å². The molecule has 32 heavy (non-hydrogen) atoms. The molecule has 3 rings (SSSR count). The maximum Gasteiger partial charge on any atom is 0.160 e. The van der Waals surface area contributed by atoms with Crippen LogP contribution in [0.5, 0.6) is 11.5 Å². The maximum absolute atomic E-state index is 6.16. The van der Waals surface area contributed by atoms with Crippen LogP contribution in [0.1, 0.15) is 30.9 Å². The van der Waals surface area contributed by atoms with Crippen molar-refractivity contribution in [3.05, 3.63) is 58.6 Å². The molecule has 1 aliphatic heterocycles. The van der Waals surface area contributed by atoms with Crippen molar-refractivity contribution in [1.82, 2.24) is 4.90 Å². The van der Waals surface area contributed by atoms with Crippen LogP contribution >= 0.6 is 47.5 Å². The van der Waals surface area contributed by atoms with Crippen molar-refractivity contribution in [2.45, 2.75) is 30.3 Å². The molecule has 1 saturated heterocycles. The topological polar surface area (TPSA) is 21.7 Å². The zero-order valence-electron chi connectivity index (χ0n) is 19.4. The van der Waals surface area contributed by atoms with Gasteiger partial charge >= 0.3 is 0 Å². The van der Waals surface area contributed by atoms with Crippen LogP contribution in [-0.2, 0) is 10.5 Å². The second-order valence-corrected chi connectivity index (χ2v) is 11.8. The molecule has 0 amide bonds. The minimum Gasteiger partial charge on any atom is -0.493 e. The number of nitrogens with zero attached hydrogens (tertiary/aromatic N) is 1. The zero-order chi connectivity index (χ0) is 22.3. The number of halogens is 2. The molecule has 0 aliphatic carbocycles. The summed E-state index contributed by atoms with van der Waals surface area (Å²) in [6, 6.07) is 14.7. The highest BCUT2D eigenvalue weighted by Gasteiger charge is 2.37. The molecule has 0 N–H and O–H groups in total. The third-order valence-electron chi connectivity index (χ3n) is 5.71. The van der Waals surface area contributed by atoms with Gasteiger partial charge in [0.1, 0.15) is 0 Å². The van der Waals surface area contributed by atoms with Crippen LogP contribution in [0.4, 0.5) is 0 Å². The van der Waals surface area contributed by atoms with Crippen molar-refractivity contribution >= 4 is 47.5 Å². The third-order valence-corrected chi connectivity index (χ3v) is 9.40. The molecular formula is C25H35Cl2NO2S2. The molecule has 1 fully saturated rings. The van der Waals surface area contributed by atoms with Crippen LogP contribution in [0.3, 0.4) is 0 Å². The van der Waals surface area contributed by atoms with Crippen molar-refractivity contribution in [1.29, 1.82) is 0 Å². The molecule has 2 aromatic carbocycles. The van der Waals surface area contributed by atoms with Crippen LogP contribution in [-0.4, -0.2) is 50.8 Å². The molecule has 3 nitrogen and oxygen atoms in total. The molecule has 0 aromatic heterocycles. The largest absolute Gasteiger partial charge is 0.493 e. The molecule has 0 spiro atoms. The van der Waals surface area contributed by atoms with E-state index in [0.29, 0.717) is 5.92 Å². The number of hydrogen-bond donors (Lipinski definition) is 0. The number of methoxy groups -OCH3 is 2. The highest BCUT2D eigenvalue weighted by atomic mass is 35.5. The lowest BCUT2D eigenvalue weighted by Gasteiger charge is -2.39. The van der Waals surface area contributed by atoms with Gasteiger partial charge in [-0.15, -0.1) is 35.9 Å². The van der Waals surface area contributed by atoms with Crippen LogP contribution in [0.2, 0.25) is 5.02 Å². The Bertz CT molecular complexity index is 829. The number of ether oxygens (including phenoxy) is 2. The normalized spacial score (nSPS) is 16.3. The van der Waals surface area contributed by atoms with Crippen LogP contribution in [0.15, 0.2) is 42.5 Å². The van der Waals surface area contributed by atoms with E-state index in [-0.39, 0.29) is 16.5 Å². The average Bonchev–Trinajstić information content (AvgIpc) is 2.78. The van der Waals surface area contributed by atoms with Crippen molar-refractivity contribution in [3.8, 4) is 11.5 Å². The Kier molecular flexibility index (Phi) is 11.4. The smallest absolute Gasteiger partial charge is 0.160 e. The molecule has 1 heterocycles. The fraction of sp³-hybridized carbons (Fsp3) is 0.520. The Balaban J connectivity index is 0.00000363. The summed E-state index contributed by atoms with van der Waals surface area (Å²) in [4.78, 5) is 2.45. The maximum atomic E-state index is 6.16. The fourth-order valence-corrected chi connectivity index (χ4v) is 7.97. The molecule has 178 valence electrons. The molecule has 1 atom stereocenters. The number of thioether (sulfide) groups is 2. The van der Waals surface area contributed by atoms with Gasteiger partial charge in [0.2, 0.25) is 0 Å². The molecule has 1 unspecified atom stereocenters. The Morgan fingerprint density at radius 1 is 1.03 bits per heavy atom. The van der Waals surface area contributed by atoms with Gasteiger partial charge in [-0.25, -0.2) is 0 Å². The number of benzene rings is 2. The monoisotopic (exact) mass is 515 g/mol. The third kappa shape index (κ3) is 7.39. The molecule has 0 saturated carbocycles. The van der Waals surface area contributed by atoms with Gasteiger partial charge < -0.3 is 14.4 Å². The standard InChI is InChI=1S/C25H34ClNO2S2.ClH/c1-19(17-25(30-14-5-15-31-25)21-7-9-22(26)10-8-21)18-27(2)13-12-20-6-11-23(28-3)24(16-20)29-4;/h6-11,16,19H,5,12-15,17-18H2,1-4H3;1H. The van der Waals surface area contributed by atoms with E-state index < -0.39 is 0 Å². The molecule has 7 heteroatoms. The lowest BCUT2D eigenvalue weighted by molar-refractivity contribution is 0.277. The van der Waals surface area contributed by atoms with Gasteiger partial charge in [0.25, 0.3) is 0 Å². The van der Waals surface area contributed by atoms with Crippen molar-refractivity contribution in [2.24, 2.45) is 5.92 Å². The van der Waals surface area contributed by atoms with Gasteiger partial charge in [0.15, 0.2) is 11.5 Å². The summed E-state index contributed by atoms with van der Waals surface area (Å²) in [6.07, 6.45) is 3.46. The Morgan fingerprint density at radius 2 is 1.69 bits per heavy atom. The first-order valence-corrected chi connectivity index (χ1v) is 13.2. The quantitative estimate of drug-likeness (QED) is 0.338. The lowest BCUT2D eigenvalue weighted by atomic mass is 9.99. The lowest BCUT2D eigenvalue weighted by Crippen LogP contribution is -2.32. The van der Waals surface area contributed by atoms with Gasteiger partial charge in [0, 0.05) is 18.1 Å². The Morgan fingerprint density at radius 3 is 2.31 bits per heavy atom. The summed E-state index contributed by atoms with van der Waals surface area (Å²) in [5, 5.41) is 0.813. The van der Waals surface area contributed by atoms with E-state index in [1.807, 2.05) is 18.2 Å². The summed E-state index contributed by atoms with van der Waals surface area (Å²) in [5.41, 5.74) is 2.68. The highest BCUT2D eigenvalue weighted by Crippen LogP contribution is 2.54. The van der Waals surface area contributed by atoms with Crippen molar-refractivity contribution in [2.75, 3.05) is 45.9 Å². The first-order valence-electron chi connectivity index (χ1n) is 10.9. The summed E-state index contributed by atoms with van der Waals surface area (Å²) >= 11 is 10.4. The summed E-state index contributed by atoms with van der Waals surface area (Å²) < 4.78 is 10.9. The van der Waals surface area contributed by atoms with E-state index >= 15 is 0 Å². The van der Waals surface area contributed by atoms with E-state index in [9.17, 15) is 0 Å². The molecule has 1 aliphatic rings. The predicted octanol–water partition coefficient (Wildman–Crippen LogP) is 7.00. The first kappa shape index (κ1) is 27.5. The minimum atomic E-state index is 0. The van der Waals surface area contributed by atoms with Crippen molar-refractivity contribution in [3.63, 3.8) is 0 Å². The van der Waals surface area contributed by atoms with Crippen LogP contribution < -0.4 is 9.47 Å². The fourth-order valence-electron chi connectivity index (χ4n) is 4.18. The number of likely N-dealkylation sites (N-methyl/N-ethyl adjacent to an activating group) is 1. The summed E-state index contributed by atoms with van der Waals surface area (Å²) in [6.45, 7) is 4.50. The van der Waals surface area contributed by atoms with Gasteiger partial charge in [-0.3, -0.25) is 0 Å². The van der Waals surface area contributed by atoms with E-state index in [1.54, 1.807) is 14.2 Å². The molecule has 0 radical (unpaired) electrons. The highest BCUT2D eigenvalue weighted by molar-refractivity contribution is 8.18. The number of hydrogen-bond acceptors (Lipinski definition) is 5.